The highest BCUT2D eigenvalue weighted by atomic mass is 35.5. The number of carbonyl (C=O) groups excluding carboxylic acids is 2. The van der Waals surface area contributed by atoms with Gasteiger partial charge in [0.05, 0.1) is 6.61 Å². The highest BCUT2D eigenvalue weighted by molar-refractivity contribution is 7.15. The number of thiophene rings is 1. The molecule has 0 atom stereocenters. The minimum absolute atomic E-state index is 0.180. The number of halogens is 1. The number of alkyl halides is 1. The zero-order chi connectivity index (χ0) is 16.8. The predicted octanol–water partition coefficient (Wildman–Crippen LogP) is 4.45. The summed E-state index contributed by atoms with van der Waals surface area (Å²) in [4.78, 5) is 24.2. The van der Waals surface area contributed by atoms with Crippen LogP contribution in [-0.4, -0.2) is 24.4 Å². The Morgan fingerprint density at radius 2 is 2.17 bits per heavy atom. The first-order valence-electron chi connectivity index (χ1n) is 7.28. The number of anilines is 1. The average molecular weight is 356 g/mol. The molecule has 0 saturated carbocycles. The highest BCUT2D eigenvalue weighted by Gasteiger charge is 2.24. The van der Waals surface area contributed by atoms with E-state index in [-0.39, 0.29) is 12.5 Å². The molecule has 124 valence electrons. The van der Waals surface area contributed by atoms with Crippen molar-refractivity contribution in [2.45, 2.75) is 26.7 Å². The summed E-state index contributed by atoms with van der Waals surface area (Å²) in [6.45, 7) is 3.82. The molecule has 0 aliphatic carbocycles. The van der Waals surface area contributed by atoms with Crippen LogP contribution in [0.15, 0.2) is 21.9 Å². The zero-order valence-electron chi connectivity index (χ0n) is 13.0. The monoisotopic (exact) mass is 355 g/mol. The van der Waals surface area contributed by atoms with Gasteiger partial charge in [-0.05, 0) is 32.4 Å². The molecule has 0 unspecified atom stereocenters. The second-order valence-corrected chi connectivity index (χ2v) is 6.08. The van der Waals surface area contributed by atoms with Gasteiger partial charge in [0, 0.05) is 23.2 Å². The number of furan rings is 1. The smallest absolute Gasteiger partial charge is 0.341 e. The molecule has 0 aliphatic heterocycles. The van der Waals surface area contributed by atoms with Crippen molar-refractivity contribution in [1.82, 2.24) is 0 Å². The van der Waals surface area contributed by atoms with Gasteiger partial charge in [-0.3, -0.25) is 4.79 Å². The van der Waals surface area contributed by atoms with E-state index in [4.69, 9.17) is 20.8 Å². The molecule has 2 aromatic heterocycles. The normalized spacial score (nSPS) is 10.6. The molecule has 0 bridgehead atoms. The predicted molar refractivity (Wildman–Crippen MR) is 91.3 cm³/mol. The van der Waals surface area contributed by atoms with Crippen molar-refractivity contribution in [1.29, 1.82) is 0 Å². The summed E-state index contributed by atoms with van der Waals surface area (Å²) in [5, 5.41) is 5.00. The van der Waals surface area contributed by atoms with Crippen molar-refractivity contribution in [3.05, 3.63) is 28.8 Å². The lowest BCUT2D eigenvalue weighted by Crippen LogP contribution is -2.14. The minimum atomic E-state index is -0.481. The van der Waals surface area contributed by atoms with E-state index < -0.39 is 5.97 Å². The second kappa shape index (κ2) is 8.17. The largest absolute Gasteiger partial charge is 0.462 e. The highest BCUT2D eigenvalue weighted by Crippen LogP contribution is 2.37. The van der Waals surface area contributed by atoms with Crippen molar-refractivity contribution >= 4 is 39.8 Å². The number of aryl methyl sites for hydroxylation is 1. The van der Waals surface area contributed by atoms with Gasteiger partial charge in [-0.2, -0.15) is 0 Å². The van der Waals surface area contributed by atoms with E-state index in [0.717, 1.165) is 5.76 Å². The van der Waals surface area contributed by atoms with Gasteiger partial charge in [-0.15, -0.1) is 22.9 Å². The number of ether oxygens (including phenoxy) is 1. The van der Waals surface area contributed by atoms with Gasteiger partial charge in [0.25, 0.3) is 0 Å². The van der Waals surface area contributed by atoms with Gasteiger partial charge in [-0.1, -0.05) is 0 Å². The van der Waals surface area contributed by atoms with Gasteiger partial charge < -0.3 is 14.5 Å². The molecular formula is C16H18ClNO4S. The first-order valence-corrected chi connectivity index (χ1v) is 8.69. The summed E-state index contributed by atoms with van der Waals surface area (Å²) in [7, 11) is 0. The third-order valence-electron chi connectivity index (χ3n) is 3.07. The third-order valence-corrected chi connectivity index (χ3v) is 4.23. The second-order valence-electron chi connectivity index (χ2n) is 4.82. The Balaban J connectivity index is 2.33. The Morgan fingerprint density at radius 3 is 2.78 bits per heavy atom. The molecular weight excluding hydrogens is 338 g/mol. The fourth-order valence-electron chi connectivity index (χ4n) is 2.03. The van der Waals surface area contributed by atoms with Crippen LogP contribution in [-0.2, 0) is 9.53 Å². The minimum Gasteiger partial charge on any atom is -0.462 e. The molecule has 2 aromatic rings. The number of nitrogens with one attached hydrogen (secondary N) is 1. The maximum absolute atomic E-state index is 12.3. The molecule has 1 amide bonds. The van der Waals surface area contributed by atoms with Gasteiger partial charge >= 0.3 is 5.97 Å². The van der Waals surface area contributed by atoms with E-state index in [9.17, 15) is 9.59 Å². The Kier molecular flexibility index (Phi) is 6.24. The average Bonchev–Trinajstić information content (AvgIpc) is 3.11. The first kappa shape index (κ1) is 17.6. The van der Waals surface area contributed by atoms with Crippen LogP contribution >= 0.6 is 22.9 Å². The molecule has 0 aliphatic rings. The van der Waals surface area contributed by atoms with Crippen LogP contribution in [0.1, 0.15) is 35.9 Å². The molecule has 0 saturated heterocycles. The van der Waals surface area contributed by atoms with Gasteiger partial charge in [0.1, 0.15) is 22.1 Å². The Morgan fingerprint density at radius 1 is 1.39 bits per heavy atom. The molecule has 23 heavy (non-hydrogen) atoms. The summed E-state index contributed by atoms with van der Waals surface area (Å²) in [5.74, 6) is 1.07. The van der Waals surface area contributed by atoms with Gasteiger partial charge in [0.2, 0.25) is 5.91 Å². The number of carbonyl (C=O) groups is 2. The molecule has 1 N–H and O–H groups in total. The molecule has 0 spiro atoms. The van der Waals surface area contributed by atoms with Crippen LogP contribution < -0.4 is 5.32 Å². The van der Waals surface area contributed by atoms with Crippen molar-refractivity contribution in [2.75, 3.05) is 17.8 Å². The fraction of sp³-hybridized carbons (Fsp3) is 0.375. The Bertz CT molecular complexity index is 692. The first-order chi connectivity index (χ1) is 11.1. The van der Waals surface area contributed by atoms with Crippen molar-refractivity contribution in [2.24, 2.45) is 0 Å². The molecule has 0 aromatic carbocycles. The molecule has 2 heterocycles. The van der Waals surface area contributed by atoms with Crippen LogP contribution in [0.3, 0.4) is 0 Å². The maximum atomic E-state index is 12.3. The van der Waals surface area contributed by atoms with Crippen LogP contribution in [0.5, 0.6) is 0 Å². The van der Waals surface area contributed by atoms with Gasteiger partial charge in [0.15, 0.2) is 0 Å². The van der Waals surface area contributed by atoms with E-state index in [1.165, 1.54) is 11.3 Å². The molecule has 7 heteroatoms. The van der Waals surface area contributed by atoms with Crippen molar-refractivity contribution in [3.8, 4) is 11.3 Å². The topological polar surface area (TPSA) is 68.5 Å². The number of esters is 1. The third kappa shape index (κ3) is 4.36. The quantitative estimate of drug-likeness (QED) is 0.588. The molecule has 5 nitrogen and oxygen atoms in total. The standard InChI is InChI=1S/C16H18ClNO4S/c1-3-21-16(20)14-11(12-7-6-10(2)22-12)9-23-15(14)18-13(19)5-4-8-17/h6-7,9H,3-5,8H2,1-2H3,(H,18,19). The SMILES string of the molecule is CCOC(=O)c1c(-c2ccc(C)o2)csc1NC(=O)CCCCl. The lowest BCUT2D eigenvalue weighted by Gasteiger charge is -2.07. The summed E-state index contributed by atoms with van der Waals surface area (Å²) < 4.78 is 10.7. The summed E-state index contributed by atoms with van der Waals surface area (Å²) >= 11 is 6.86. The summed E-state index contributed by atoms with van der Waals surface area (Å²) in [6, 6.07) is 3.61. The summed E-state index contributed by atoms with van der Waals surface area (Å²) in [5.41, 5.74) is 0.944. The van der Waals surface area contributed by atoms with E-state index in [1.807, 2.05) is 13.0 Å². The van der Waals surface area contributed by atoms with Crippen molar-refractivity contribution in [3.63, 3.8) is 0 Å². The molecule has 2 rings (SSSR count). The zero-order valence-corrected chi connectivity index (χ0v) is 14.6. The van der Waals surface area contributed by atoms with E-state index in [0.29, 0.717) is 40.6 Å². The van der Waals surface area contributed by atoms with Crippen LogP contribution in [0, 0.1) is 6.92 Å². The Labute approximate surface area is 143 Å². The fourth-order valence-corrected chi connectivity index (χ4v) is 3.12. The van der Waals surface area contributed by atoms with E-state index in [2.05, 4.69) is 5.32 Å². The van der Waals surface area contributed by atoms with Crippen LogP contribution in [0.4, 0.5) is 5.00 Å². The molecule has 0 radical (unpaired) electrons. The van der Waals surface area contributed by atoms with E-state index in [1.54, 1.807) is 18.4 Å². The van der Waals surface area contributed by atoms with Crippen LogP contribution in [0.2, 0.25) is 0 Å². The lowest BCUT2D eigenvalue weighted by molar-refractivity contribution is -0.116. The number of amides is 1. The van der Waals surface area contributed by atoms with Crippen LogP contribution in [0.25, 0.3) is 11.3 Å². The van der Waals surface area contributed by atoms with Crippen molar-refractivity contribution < 1.29 is 18.7 Å². The number of rotatable bonds is 7. The lowest BCUT2D eigenvalue weighted by atomic mass is 10.1. The van der Waals surface area contributed by atoms with E-state index >= 15 is 0 Å². The molecule has 0 fully saturated rings. The summed E-state index contributed by atoms with van der Waals surface area (Å²) in [6.07, 6.45) is 0.886. The Hall–Kier alpha value is -1.79. The maximum Gasteiger partial charge on any atom is 0.341 e. The number of hydrogen-bond acceptors (Lipinski definition) is 5. The number of hydrogen-bond donors (Lipinski definition) is 1. The van der Waals surface area contributed by atoms with Gasteiger partial charge in [-0.25, -0.2) is 4.79 Å².